The van der Waals surface area contributed by atoms with Gasteiger partial charge in [0.15, 0.2) is 9.84 Å². The molecule has 25 heavy (non-hydrogen) atoms. The molecule has 0 aliphatic carbocycles. The number of nitrogens with zero attached hydrogens (tertiary/aromatic N) is 2. The van der Waals surface area contributed by atoms with Crippen LogP contribution in [-0.2, 0) is 24.8 Å². The van der Waals surface area contributed by atoms with Crippen LogP contribution in [0.2, 0.25) is 0 Å². The van der Waals surface area contributed by atoms with Gasteiger partial charge in [0.05, 0.1) is 12.4 Å². The van der Waals surface area contributed by atoms with E-state index in [1.54, 1.807) is 0 Å². The molecule has 1 amide bonds. The van der Waals surface area contributed by atoms with Crippen molar-refractivity contribution in [2.45, 2.75) is 57.1 Å². The fraction of sp³-hybridized carbons (Fsp3) is 0.812. The Balaban J connectivity index is 2.27. The third kappa shape index (κ3) is 4.20. The zero-order valence-electron chi connectivity index (χ0n) is 15.4. The highest BCUT2D eigenvalue weighted by Crippen LogP contribution is 2.37. The molecule has 0 saturated carbocycles. The van der Waals surface area contributed by atoms with Crippen molar-refractivity contribution in [2.24, 2.45) is 11.7 Å². The average molecular weight is 390 g/mol. The Hall–Kier alpha value is -1.06. The molecule has 0 radical (unpaired) electrons. The predicted octanol–water partition coefficient (Wildman–Crippen LogP) is 1.63. The lowest BCUT2D eigenvalue weighted by atomic mass is 9.90. The summed E-state index contributed by atoms with van der Waals surface area (Å²) in [4.78, 5) is 11.6. The lowest BCUT2D eigenvalue weighted by Crippen LogP contribution is -2.48. The molecule has 1 saturated heterocycles. The van der Waals surface area contributed by atoms with Crippen LogP contribution in [0.1, 0.15) is 57.0 Å². The summed E-state index contributed by atoms with van der Waals surface area (Å²) >= 11 is 1.50. The molecule has 2 atom stereocenters. The maximum atomic E-state index is 12.7. The number of sulfone groups is 1. The van der Waals surface area contributed by atoms with Crippen LogP contribution in [0.25, 0.3) is 0 Å². The monoisotopic (exact) mass is 389 g/mol. The molecule has 0 spiro atoms. The van der Waals surface area contributed by atoms with E-state index in [4.69, 9.17) is 10.5 Å². The Kier molecular flexibility index (Phi) is 5.61. The number of nitrogens with two attached hydrogens (primary N) is 1. The van der Waals surface area contributed by atoms with Crippen molar-refractivity contribution >= 4 is 27.1 Å². The fourth-order valence-electron chi connectivity index (χ4n) is 2.59. The van der Waals surface area contributed by atoms with E-state index in [9.17, 15) is 13.2 Å². The maximum Gasteiger partial charge on any atom is 0.238 e. The quantitative estimate of drug-likeness (QED) is 0.819. The molecule has 1 aliphatic rings. The first-order chi connectivity index (χ1) is 11.4. The molecule has 1 aromatic heterocycles. The van der Waals surface area contributed by atoms with Crippen molar-refractivity contribution in [2.75, 3.05) is 19.0 Å². The van der Waals surface area contributed by atoms with Gasteiger partial charge in [0, 0.05) is 17.9 Å². The third-order valence-electron chi connectivity index (χ3n) is 4.70. The Morgan fingerprint density at radius 2 is 1.92 bits per heavy atom. The summed E-state index contributed by atoms with van der Waals surface area (Å²) in [6, 6.07) is 0. The molecule has 2 heterocycles. The molecular weight excluding hydrogens is 362 g/mol. The van der Waals surface area contributed by atoms with Crippen LogP contribution in [0.5, 0.6) is 0 Å². The van der Waals surface area contributed by atoms with Crippen molar-refractivity contribution in [3.63, 3.8) is 0 Å². The van der Waals surface area contributed by atoms with Gasteiger partial charge < -0.3 is 10.5 Å². The van der Waals surface area contributed by atoms with Crippen LogP contribution in [0, 0.1) is 5.92 Å². The summed E-state index contributed by atoms with van der Waals surface area (Å²) < 4.78 is 29.4. The largest absolute Gasteiger partial charge is 0.381 e. The molecule has 2 N–H and O–H groups in total. The zero-order chi connectivity index (χ0) is 19.0. The van der Waals surface area contributed by atoms with Crippen molar-refractivity contribution in [1.29, 1.82) is 0 Å². The Labute approximate surface area is 153 Å². The molecule has 0 bridgehead atoms. The molecule has 0 aromatic carbocycles. The number of carbonyl (C=O) groups excluding carboxylic acids is 1. The van der Waals surface area contributed by atoms with Gasteiger partial charge in [0.1, 0.15) is 14.8 Å². The number of amides is 1. The first-order valence-corrected chi connectivity index (χ1v) is 10.8. The molecule has 142 valence electrons. The molecule has 7 nitrogen and oxygen atoms in total. The fourth-order valence-corrected chi connectivity index (χ4v) is 5.35. The van der Waals surface area contributed by atoms with Gasteiger partial charge >= 0.3 is 0 Å². The van der Waals surface area contributed by atoms with Gasteiger partial charge in [-0.25, -0.2) is 8.42 Å². The van der Waals surface area contributed by atoms with Crippen molar-refractivity contribution in [1.82, 2.24) is 10.2 Å². The van der Waals surface area contributed by atoms with E-state index in [1.807, 2.05) is 0 Å². The second-order valence-electron chi connectivity index (χ2n) is 8.08. The smallest absolute Gasteiger partial charge is 0.238 e. The van der Waals surface area contributed by atoms with Gasteiger partial charge in [-0.3, -0.25) is 4.79 Å². The number of ether oxygens (including phenoxy) is 1. The number of hydrogen-bond donors (Lipinski definition) is 1. The van der Waals surface area contributed by atoms with Crippen LogP contribution in [0.3, 0.4) is 0 Å². The Bertz CT molecular complexity index is 735. The molecule has 1 aromatic rings. The van der Waals surface area contributed by atoms with E-state index in [2.05, 4.69) is 31.0 Å². The van der Waals surface area contributed by atoms with Crippen LogP contribution in [0.4, 0.5) is 0 Å². The van der Waals surface area contributed by atoms with Gasteiger partial charge in [-0.05, 0) is 26.2 Å². The predicted molar refractivity (Wildman–Crippen MR) is 97.3 cm³/mol. The van der Waals surface area contributed by atoms with Crippen molar-refractivity contribution in [3.8, 4) is 0 Å². The van der Waals surface area contributed by atoms with Gasteiger partial charge in [-0.1, -0.05) is 20.8 Å². The highest BCUT2D eigenvalue weighted by Gasteiger charge is 2.43. The summed E-state index contributed by atoms with van der Waals surface area (Å²) in [6.07, 6.45) is 0.600. The van der Waals surface area contributed by atoms with E-state index < -0.39 is 20.5 Å². The number of rotatable bonds is 5. The highest BCUT2D eigenvalue weighted by atomic mass is 32.2. The van der Waals surface area contributed by atoms with E-state index >= 15 is 0 Å². The average Bonchev–Trinajstić information content (AvgIpc) is 2.96. The number of hydrogen-bond acceptors (Lipinski definition) is 7. The van der Waals surface area contributed by atoms with E-state index in [1.165, 1.54) is 25.2 Å². The molecular formula is C16H27N3O4S2. The molecule has 2 unspecified atom stereocenters. The van der Waals surface area contributed by atoms with E-state index in [0.29, 0.717) is 19.6 Å². The summed E-state index contributed by atoms with van der Waals surface area (Å²) in [5, 5.41) is 10.2. The highest BCUT2D eigenvalue weighted by molar-refractivity contribution is 7.93. The number of primary amides is 1. The van der Waals surface area contributed by atoms with Crippen molar-refractivity contribution in [3.05, 3.63) is 10.0 Å². The van der Waals surface area contributed by atoms with E-state index in [-0.39, 0.29) is 23.0 Å². The van der Waals surface area contributed by atoms with E-state index in [0.717, 1.165) is 10.0 Å². The van der Waals surface area contributed by atoms with Crippen LogP contribution in [-0.4, -0.2) is 48.2 Å². The molecule has 1 fully saturated rings. The maximum absolute atomic E-state index is 12.7. The van der Waals surface area contributed by atoms with Gasteiger partial charge in [0.25, 0.3) is 0 Å². The summed E-state index contributed by atoms with van der Waals surface area (Å²) in [5.41, 5.74) is 5.19. The minimum Gasteiger partial charge on any atom is -0.381 e. The summed E-state index contributed by atoms with van der Waals surface area (Å²) in [5.74, 6) is -1.25. The minimum atomic E-state index is -3.69. The zero-order valence-corrected chi connectivity index (χ0v) is 17.0. The summed E-state index contributed by atoms with van der Waals surface area (Å²) in [6.45, 7) is 9.82. The van der Waals surface area contributed by atoms with Gasteiger partial charge in [-0.15, -0.1) is 21.5 Å². The lowest BCUT2D eigenvalue weighted by Gasteiger charge is -2.32. The SMILES string of the molecule is CC(C)(C)c1nnc(C2COCCC2CS(=O)(=O)C(C)(C)C(N)=O)s1. The standard InChI is InChI=1S/C16H27N3O4S2/c1-15(2,3)14-19-18-12(24-14)11-8-23-7-6-10(11)9-25(21,22)16(4,5)13(17)20/h10-11H,6-9H2,1-5H3,(H2,17,20). The first-order valence-electron chi connectivity index (χ1n) is 8.30. The second kappa shape index (κ2) is 6.92. The molecule has 9 heteroatoms. The Morgan fingerprint density at radius 3 is 2.44 bits per heavy atom. The van der Waals surface area contributed by atoms with Crippen LogP contribution < -0.4 is 5.73 Å². The normalized spacial score (nSPS) is 22.8. The lowest BCUT2D eigenvalue weighted by molar-refractivity contribution is -0.119. The number of carbonyl (C=O) groups is 1. The van der Waals surface area contributed by atoms with Crippen LogP contribution in [0.15, 0.2) is 0 Å². The van der Waals surface area contributed by atoms with Gasteiger partial charge in [-0.2, -0.15) is 0 Å². The van der Waals surface area contributed by atoms with Crippen molar-refractivity contribution < 1.29 is 17.9 Å². The number of aromatic nitrogens is 2. The van der Waals surface area contributed by atoms with Gasteiger partial charge in [0.2, 0.25) is 5.91 Å². The summed E-state index contributed by atoms with van der Waals surface area (Å²) in [7, 11) is -3.69. The Morgan fingerprint density at radius 1 is 1.28 bits per heavy atom. The third-order valence-corrected chi connectivity index (χ3v) is 8.81. The topological polar surface area (TPSA) is 112 Å². The second-order valence-corrected chi connectivity index (χ2v) is 11.7. The minimum absolute atomic E-state index is 0.110. The van der Waals surface area contributed by atoms with Crippen LogP contribution >= 0.6 is 11.3 Å². The molecule has 1 aliphatic heterocycles. The molecule has 2 rings (SSSR count). The first kappa shape index (κ1) is 20.3.